The van der Waals surface area contributed by atoms with Gasteiger partial charge in [0.05, 0.1) is 27.3 Å². The maximum atomic E-state index is 12.4. The zero-order chi connectivity index (χ0) is 27.0. The van der Waals surface area contributed by atoms with Crippen LogP contribution >= 0.6 is 11.3 Å². The lowest BCUT2D eigenvalue weighted by molar-refractivity contribution is -0.385. The van der Waals surface area contributed by atoms with Crippen LogP contribution in [0, 0.1) is 33.1 Å². The van der Waals surface area contributed by atoms with Crippen molar-refractivity contribution in [3.63, 3.8) is 0 Å². The third-order valence-electron chi connectivity index (χ3n) is 6.81. The highest BCUT2D eigenvalue weighted by molar-refractivity contribution is 7.17. The number of fused-ring (bicyclic) bond motifs is 1. The fourth-order valence-corrected chi connectivity index (χ4v) is 5.98. The molecule has 2 heterocycles. The average Bonchev–Trinajstić information content (AvgIpc) is 3.50. The molecule has 194 valence electrons. The van der Waals surface area contributed by atoms with E-state index in [0.29, 0.717) is 15.7 Å². The first-order valence-corrected chi connectivity index (χ1v) is 12.9. The maximum absolute atomic E-state index is 12.4. The average molecular weight is 533 g/mol. The zero-order valence-corrected chi connectivity index (χ0v) is 21.5. The van der Waals surface area contributed by atoms with E-state index in [1.165, 1.54) is 35.6 Å². The van der Waals surface area contributed by atoms with Crippen LogP contribution in [0.4, 0.5) is 16.5 Å². The van der Waals surface area contributed by atoms with Gasteiger partial charge in [0.15, 0.2) is 0 Å². The number of aromatic nitrogens is 1. The number of hydrazone groups is 1. The number of nitro groups is 2. The number of nitrogens with one attached hydrogen (secondary N) is 1. The molecular weight excluding hydrogens is 508 g/mol. The van der Waals surface area contributed by atoms with Crippen LogP contribution in [0.25, 0.3) is 6.08 Å². The number of carbonyl (C=O) groups is 1. The van der Waals surface area contributed by atoms with Crippen LogP contribution in [0.1, 0.15) is 51.8 Å². The van der Waals surface area contributed by atoms with Gasteiger partial charge in [0.1, 0.15) is 4.88 Å². The van der Waals surface area contributed by atoms with Crippen LogP contribution in [0.5, 0.6) is 0 Å². The summed E-state index contributed by atoms with van der Waals surface area (Å²) >= 11 is 1.26. The second-order valence-corrected chi connectivity index (χ2v) is 10.1. The van der Waals surface area contributed by atoms with E-state index in [2.05, 4.69) is 10.3 Å². The number of non-ortho nitro benzene ring substituents is 2. The Morgan fingerprint density at radius 3 is 2.32 bits per heavy atom. The number of carbonyl (C=O) groups excluding carboxylic acids is 1. The molecule has 1 N–H and O–H groups in total. The van der Waals surface area contributed by atoms with E-state index in [4.69, 9.17) is 5.10 Å². The second-order valence-electron chi connectivity index (χ2n) is 9.13. The van der Waals surface area contributed by atoms with Gasteiger partial charge in [-0.2, -0.15) is 5.10 Å². The zero-order valence-electron chi connectivity index (χ0n) is 20.7. The number of nitro benzene ring substituents is 2. The molecule has 2 unspecified atom stereocenters. The lowest BCUT2D eigenvalue weighted by Gasteiger charge is -2.29. The second kappa shape index (κ2) is 10.1. The van der Waals surface area contributed by atoms with E-state index in [1.807, 2.05) is 11.1 Å². The lowest BCUT2D eigenvalue weighted by Crippen LogP contribution is -2.28. The number of hydrogen-bond donors (Lipinski definition) is 1. The van der Waals surface area contributed by atoms with Crippen molar-refractivity contribution in [3.8, 4) is 0 Å². The molecule has 1 fully saturated rings. The maximum Gasteiger partial charge on any atom is 0.269 e. The van der Waals surface area contributed by atoms with Gasteiger partial charge in [-0.05, 0) is 61.1 Å². The standard InChI is InChI=1S/C26H24N6O5S/c1-15-24(25(33)27-2)38-26(28-15)30-23(17-8-12-20(13-9-17)32(36)37)21-5-3-4-18(22(21)29-30)14-16-6-10-19(11-7-16)31(34)35/h6-14,21,23H,3-5H2,1-2H3,(H,27,33). The van der Waals surface area contributed by atoms with Crippen molar-refractivity contribution in [2.75, 3.05) is 12.1 Å². The van der Waals surface area contributed by atoms with Gasteiger partial charge in [-0.25, -0.2) is 9.99 Å². The molecule has 1 saturated carbocycles. The molecule has 0 saturated heterocycles. The molecule has 1 aromatic heterocycles. The molecule has 12 heteroatoms. The van der Waals surface area contributed by atoms with Gasteiger partial charge in [-0.15, -0.1) is 0 Å². The van der Waals surface area contributed by atoms with E-state index < -0.39 is 9.85 Å². The van der Waals surface area contributed by atoms with E-state index >= 15 is 0 Å². The van der Waals surface area contributed by atoms with Crippen LogP contribution < -0.4 is 10.3 Å². The highest BCUT2D eigenvalue weighted by Gasteiger charge is 2.43. The molecule has 38 heavy (non-hydrogen) atoms. The molecule has 11 nitrogen and oxygen atoms in total. The Morgan fingerprint density at radius 1 is 1.08 bits per heavy atom. The van der Waals surface area contributed by atoms with E-state index in [1.54, 1.807) is 38.2 Å². The summed E-state index contributed by atoms with van der Waals surface area (Å²) in [4.78, 5) is 39.0. The highest BCUT2D eigenvalue weighted by Crippen LogP contribution is 2.47. The molecule has 0 bridgehead atoms. The number of nitrogens with zero attached hydrogens (tertiary/aromatic N) is 5. The number of anilines is 1. The minimum atomic E-state index is -0.427. The monoisotopic (exact) mass is 532 g/mol. The molecule has 1 amide bonds. The summed E-state index contributed by atoms with van der Waals surface area (Å²) in [6.45, 7) is 1.78. The summed E-state index contributed by atoms with van der Waals surface area (Å²) in [6.07, 6.45) is 4.59. The predicted octanol–water partition coefficient (Wildman–Crippen LogP) is 5.43. The van der Waals surface area contributed by atoms with Crippen molar-refractivity contribution < 1.29 is 14.6 Å². The van der Waals surface area contributed by atoms with Crippen molar-refractivity contribution in [2.45, 2.75) is 32.2 Å². The Labute approximate surface area is 221 Å². The summed E-state index contributed by atoms with van der Waals surface area (Å²) < 4.78 is 0. The minimum Gasteiger partial charge on any atom is -0.354 e. The Morgan fingerprint density at radius 2 is 1.71 bits per heavy atom. The van der Waals surface area contributed by atoms with Crippen molar-refractivity contribution in [1.29, 1.82) is 0 Å². The molecular formula is C26H24N6O5S. The summed E-state index contributed by atoms with van der Waals surface area (Å²) in [5.41, 5.74) is 4.27. The van der Waals surface area contributed by atoms with E-state index in [9.17, 15) is 25.0 Å². The minimum absolute atomic E-state index is 0.00200. The van der Waals surface area contributed by atoms with Crippen molar-refractivity contribution in [3.05, 3.63) is 96.0 Å². The molecule has 1 aliphatic carbocycles. The number of aryl methyl sites for hydroxylation is 1. The molecule has 2 aromatic carbocycles. The number of hydrogen-bond acceptors (Lipinski definition) is 9. The Bertz CT molecular complexity index is 1480. The van der Waals surface area contributed by atoms with Crippen molar-refractivity contribution >= 4 is 45.5 Å². The molecule has 1 aliphatic heterocycles. The molecule has 0 spiro atoms. The van der Waals surface area contributed by atoms with Crippen LogP contribution in [-0.2, 0) is 0 Å². The van der Waals surface area contributed by atoms with Gasteiger partial charge in [0.25, 0.3) is 17.3 Å². The smallest absolute Gasteiger partial charge is 0.269 e. The fourth-order valence-electron chi connectivity index (χ4n) is 4.98. The van der Waals surface area contributed by atoms with Crippen LogP contribution in [0.2, 0.25) is 0 Å². The van der Waals surface area contributed by atoms with Crippen molar-refractivity contribution in [1.82, 2.24) is 10.3 Å². The van der Waals surface area contributed by atoms with E-state index in [0.717, 1.165) is 41.7 Å². The Balaban J connectivity index is 1.58. The van der Waals surface area contributed by atoms with E-state index in [-0.39, 0.29) is 29.2 Å². The first-order chi connectivity index (χ1) is 18.3. The van der Waals surface area contributed by atoms with Gasteiger partial charge in [0, 0.05) is 37.2 Å². The first kappa shape index (κ1) is 25.2. The molecule has 5 rings (SSSR count). The number of benzene rings is 2. The first-order valence-electron chi connectivity index (χ1n) is 12.0. The number of rotatable bonds is 6. The van der Waals surface area contributed by atoms with Crippen LogP contribution in [-0.4, -0.2) is 33.5 Å². The third-order valence-corrected chi connectivity index (χ3v) is 7.95. The molecule has 2 aliphatic rings. The van der Waals surface area contributed by atoms with Gasteiger partial charge in [-0.1, -0.05) is 23.5 Å². The van der Waals surface area contributed by atoms with Crippen LogP contribution in [0.15, 0.2) is 59.2 Å². The molecule has 3 aromatic rings. The van der Waals surface area contributed by atoms with Gasteiger partial charge < -0.3 is 5.32 Å². The molecule has 2 atom stereocenters. The summed E-state index contributed by atoms with van der Waals surface area (Å²) in [5, 5.41) is 32.3. The largest absolute Gasteiger partial charge is 0.354 e. The Kier molecular flexibility index (Phi) is 6.72. The summed E-state index contributed by atoms with van der Waals surface area (Å²) in [7, 11) is 1.57. The fraction of sp³-hybridized carbons (Fsp3) is 0.269. The van der Waals surface area contributed by atoms with Gasteiger partial charge >= 0.3 is 0 Å². The van der Waals surface area contributed by atoms with Gasteiger partial charge in [0.2, 0.25) is 5.13 Å². The van der Waals surface area contributed by atoms with Crippen molar-refractivity contribution in [2.24, 2.45) is 11.0 Å². The number of amides is 1. The highest BCUT2D eigenvalue weighted by atomic mass is 32.1. The molecule has 0 radical (unpaired) electrons. The number of thiazole rings is 1. The topological polar surface area (TPSA) is 144 Å². The number of allylic oxidation sites excluding steroid dienone is 1. The summed E-state index contributed by atoms with van der Waals surface area (Å²) in [5.74, 6) is -0.219. The predicted molar refractivity (Wildman–Crippen MR) is 144 cm³/mol. The van der Waals surface area contributed by atoms with Gasteiger partial charge in [-0.3, -0.25) is 25.0 Å². The Hall–Kier alpha value is -4.45. The summed E-state index contributed by atoms with van der Waals surface area (Å²) in [6, 6.07) is 12.6. The quantitative estimate of drug-likeness (QED) is 0.329. The third kappa shape index (κ3) is 4.65. The van der Waals surface area contributed by atoms with Crippen LogP contribution in [0.3, 0.4) is 0 Å². The SMILES string of the molecule is CNC(=O)c1sc(N2N=C3C(=Cc4ccc([N+](=O)[O-])cc4)CCCC3C2c2ccc([N+](=O)[O-])cc2)nc1C. The lowest BCUT2D eigenvalue weighted by atomic mass is 9.77. The normalized spacial score (nSPS) is 19.7.